The summed E-state index contributed by atoms with van der Waals surface area (Å²) in [6.45, 7) is 2.51. The maximum atomic E-state index is 11.6. The molecule has 2 N–H and O–H groups in total. The molecule has 0 radical (unpaired) electrons. The average molecular weight is 291 g/mol. The molecule has 0 bridgehead atoms. The van der Waals surface area contributed by atoms with Crippen molar-refractivity contribution >= 4 is 10.0 Å². The van der Waals surface area contributed by atoms with Crippen LogP contribution in [0.5, 0.6) is 5.75 Å². The van der Waals surface area contributed by atoms with E-state index in [0.29, 0.717) is 18.6 Å². The minimum absolute atomic E-state index is 0.168. The molecule has 5 heteroatoms. The Morgan fingerprint density at radius 3 is 2.55 bits per heavy atom. The Morgan fingerprint density at radius 1 is 1.10 bits per heavy atom. The largest absolute Gasteiger partial charge is 0.494 e. The van der Waals surface area contributed by atoms with Crippen LogP contribution in [-0.2, 0) is 16.4 Å². The molecule has 0 amide bonds. The molecule has 0 saturated carbocycles. The summed E-state index contributed by atoms with van der Waals surface area (Å²) in [6, 6.07) is 14.4. The van der Waals surface area contributed by atoms with Gasteiger partial charge in [0.2, 0.25) is 10.0 Å². The summed E-state index contributed by atoms with van der Waals surface area (Å²) < 4.78 is 28.6. The topological polar surface area (TPSA) is 69.4 Å². The molecule has 2 rings (SSSR count). The first-order chi connectivity index (χ1) is 9.50. The second-order valence-corrected chi connectivity index (χ2v) is 5.94. The minimum atomic E-state index is -3.71. The van der Waals surface area contributed by atoms with Gasteiger partial charge in [-0.15, -0.1) is 0 Å². The third-order valence-corrected chi connectivity index (χ3v) is 3.89. The predicted octanol–water partition coefficient (Wildman–Crippen LogP) is 2.32. The van der Waals surface area contributed by atoms with E-state index >= 15 is 0 Å². The lowest BCUT2D eigenvalue weighted by Gasteiger charge is -2.09. The Balaban J connectivity index is 2.33. The van der Waals surface area contributed by atoms with Crippen molar-refractivity contribution in [3.05, 3.63) is 59.7 Å². The van der Waals surface area contributed by atoms with Crippen molar-refractivity contribution in [2.45, 2.75) is 18.2 Å². The number of rotatable bonds is 5. The van der Waals surface area contributed by atoms with E-state index in [1.165, 1.54) is 6.07 Å². The van der Waals surface area contributed by atoms with Crippen LogP contribution in [0.15, 0.2) is 53.4 Å². The fraction of sp³-hybridized carbons (Fsp3) is 0.200. The Hall–Kier alpha value is -1.85. The molecule has 0 aliphatic rings. The molecular formula is C15H17NO3S. The summed E-state index contributed by atoms with van der Waals surface area (Å²) in [5.41, 5.74) is 1.66. The molecule has 0 atom stereocenters. The van der Waals surface area contributed by atoms with E-state index < -0.39 is 10.0 Å². The number of hydrogen-bond donors (Lipinski definition) is 1. The monoisotopic (exact) mass is 291 g/mol. The van der Waals surface area contributed by atoms with Gasteiger partial charge in [0.25, 0.3) is 0 Å². The zero-order chi connectivity index (χ0) is 14.6. The summed E-state index contributed by atoms with van der Waals surface area (Å²) in [5, 5.41) is 5.24. The van der Waals surface area contributed by atoms with Crippen LogP contribution in [0, 0.1) is 0 Å². The normalized spacial score (nSPS) is 11.3. The van der Waals surface area contributed by atoms with Gasteiger partial charge in [0.05, 0.1) is 11.5 Å². The number of benzene rings is 2. The molecule has 0 spiro atoms. The summed E-state index contributed by atoms with van der Waals surface area (Å²) in [5.74, 6) is 0.776. The highest BCUT2D eigenvalue weighted by Gasteiger charge is 2.13. The lowest BCUT2D eigenvalue weighted by molar-refractivity contribution is 0.340. The molecule has 0 fully saturated rings. The standard InChI is InChI=1S/C15H17NO3S/c1-2-19-14-8-5-6-12(11-14)10-13-7-3-4-9-15(13)20(16,17)18/h3-9,11H,2,10H2,1H3,(H2,16,17,18). The van der Waals surface area contributed by atoms with Crippen LogP contribution in [0.1, 0.15) is 18.1 Å². The van der Waals surface area contributed by atoms with Crippen LogP contribution in [0.3, 0.4) is 0 Å². The van der Waals surface area contributed by atoms with Crippen molar-refractivity contribution in [1.29, 1.82) is 0 Å². The third kappa shape index (κ3) is 3.59. The van der Waals surface area contributed by atoms with Gasteiger partial charge in [-0.3, -0.25) is 0 Å². The molecule has 106 valence electrons. The Kier molecular flexibility index (Phi) is 4.42. The highest BCUT2D eigenvalue weighted by molar-refractivity contribution is 7.89. The molecule has 0 aliphatic carbocycles. The van der Waals surface area contributed by atoms with Crippen LogP contribution in [0.2, 0.25) is 0 Å². The second-order valence-electron chi connectivity index (χ2n) is 4.41. The molecule has 0 aromatic heterocycles. The maximum Gasteiger partial charge on any atom is 0.238 e. The number of primary sulfonamides is 1. The van der Waals surface area contributed by atoms with E-state index in [2.05, 4.69) is 0 Å². The van der Waals surface area contributed by atoms with Crippen molar-refractivity contribution in [2.75, 3.05) is 6.61 Å². The molecule has 20 heavy (non-hydrogen) atoms. The first kappa shape index (κ1) is 14.6. The van der Waals surface area contributed by atoms with Gasteiger partial charge in [-0.1, -0.05) is 30.3 Å². The van der Waals surface area contributed by atoms with Crippen LogP contribution in [0.4, 0.5) is 0 Å². The molecule has 0 saturated heterocycles. The summed E-state index contributed by atoms with van der Waals surface area (Å²) >= 11 is 0. The average Bonchev–Trinajstić information content (AvgIpc) is 2.39. The lowest BCUT2D eigenvalue weighted by atomic mass is 10.0. The Morgan fingerprint density at radius 2 is 1.85 bits per heavy atom. The maximum absolute atomic E-state index is 11.6. The van der Waals surface area contributed by atoms with Crippen molar-refractivity contribution < 1.29 is 13.2 Å². The zero-order valence-corrected chi connectivity index (χ0v) is 12.1. The fourth-order valence-electron chi connectivity index (χ4n) is 2.06. The van der Waals surface area contributed by atoms with Gasteiger partial charge in [-0.05, 0) is 42.7 Å². The van der Waals surface area contributed by atoms with Crippen LogP contribution in [-0.4, -0.2) is 15.0 Å². The minimum Gasteiger partial charge on any atom is -0.494 e. The second kappa shape index (κ2) is 6.07. The fourth-order valence-corrected chi connectivity index (χ4v) is 2.83. The van der Waals surface area contributed by atoms with E-state index in [9.17, 15) is 8.42 Å². The van der Waals surface area contributed by atoms with Gasteiger partial charge in [-0.2, -0.15) is 0 Å². The third-order valence-electron chi connectivity index (χ3n) is 2.88. The van der Waals surface area contributed by atoms with E-state index in [0.717, 1.165) is 11.3 Å². The highest BCUT2D eigenvalue weighted by Crippen LogP contribution is 2.20. The first-order valence-electron chi connectivity index (χ1n) is 6.33. The number of hydrogen-bond acceptors (Lipinski definition) is 3. The van der Waals surface area contributed by atoms with Crippen LogP contribution < -0.4 is 9.88 Å². The van der Waals surface area contributed by atoms with Crippen LogP contribution in [0.25, 0.3) is 0 Å². The number of ether oxygens (including phenoxy) is 1. The van der Waals surface area contributed by atoms with Gasteiger partial charge in [0, 0.05) is 0 Å². The van der Waals surface area contributed by atoms with Gasteiger partial charge < -0.3 is 4.74 Å². The van der Waals surface area contributed by atoms with Gasteiger partial charge in [0.1, 0.15) is 5.75 Å². The van der Waals surface area contributed by atoms with Crippen molar-refractivity contribution in [1.82, 2.24) is 0 Å². The summed E-state index contributed by atoms with van der Waals surface area (Å²) in [7, 11) is -3.71. The summed E-state index contributed by atoms with van der Waals surface area (Å²) in [6.07, 6.45) is 0.494. The molecule has 4 nitrogen and oxygen atoms in total. The van der Waals surface area contributed by atoms with Crippen LogP contribution >= 0.6 is 0 Å². The van der Waals surface area contributed by atoms with E-state index in [1.807, 2.05) is 31.2 Å². The van der Waals surface area contributed by atoms with Gasteiger partial charge in [0.15, 0.2) is 0 Å². The van der Waals surface area contributed by atoms with E-state index in [4.69, 9.17) is 9.88 Å². The molecular weight excluding hydrogens is 274 g/mol. The smallest absolute Gasteiger partial charge is 0.238 e. The molecule has 0 unspecified atom stereocenters. The number of nitrogens with two attached hydrogens (primary N) is 1. The predicted molar refractivity (Wildman–Crippen MR) is 78.2 cm³/mol. The lowest BCUT2D eigenvalue weighted by Crippen LogP contribution is -2.14. The molecule has 2 aromatic rings. The van der Waals surface area contributed by atoms with Crippen molar-refractivity contribution in [2.24, 2.45) is 5.14 Å². The Bertz CT molecular complexity index is 696. The quantitative estimate of drug-likeness (QED) is 0.919. The van der Waals surface area contributed by atoms with E-state index in [1.54, 1.807) is 18.2 Å². The van der Waals surface area contributed by atoms with Crippen molar-refractivity contribution in [3.8, 4) is 5.75 Å². The summed E-state index contributed by atoms with van der Waals surface area (Å²) in [4.78, 5) is 0.168. The Labute approximate surface area is 119 Å². The molecule has 0 heterocycles. The van der Waals surface area contributed by atoms with E-state index in [-0.39, 0.29) is 4.90 Å². The molecule has 0 aliphatic heterocycles. The zero-order valence-electron chi connectivity index (χ0n) is 11.2. The first-order valence-corrected chi connectivity index (χ1v) is 7.88. The molecule has 2 aromatic carbocycles. The van der Waals surface area contributed by atoms with Gasteiger partial charge >= 0.3 is 0 Å². The number of sulfonamides is 1. The van der Waals surface area contributed by atoms with Gasteiger partial charge in [-0.25, -0.2) is 13.6 Å². The van der Waals surface area contributed by atoms with Crippen molar-refractivity contribution in [3.63, 3.8) is 0 Å². The SMILES string of the molecule is CCOc1cccc(Cc2ccccc2S(N)(=O)=O)c1. The highest BCUT2D eigenvalue weighted by atomic mass is 32.2.